The van der Waals surface area contributed by atoms with Crippen molar-refractivity contribution in [2.24, 2.45) is 0 Å². The summed E-state index contributed by atoms with van der Waals surface area (Å²) in [5.41, 5.74) is 2.21. The van der Waals surface area contributed by atoms with Crippen molar-refractivity contribution in [2.45, 2.75) is 0 Å². The number of hydrogen-bond donors (Lipinski definition) is 2. The third kappa shape index (κ3) is 5.27. The number of aromatic nitrogens is 1. The molecular formula is C19H16IN3O3S. The number of thiazole rings is 1. The first kappa shape index (κ1) is 19.3. The zero-order chi connectivity index (χ0) is 19.2. The van der Waals surface area contributed by atoms with E-state index in [1.165, 1.54) is 18.4 Å². The number of ether oxygens (including phenoxy) is 1. The van der Waals surface area contributed by atoms with Gasteiger partial charge in [-0.15, -0.1) is 11.3 Å². The first-order valence-corrected chi connectivity index (χ1v) is 9.94. The highest BCUT2D eigenvalue weighted by Crippen LogP contribution is 2.25. The van der Waals surface area contributed by atoms with Crippen LogP contribution in [0.25, 0.3) is 11.3 Å². The van der Waals surface area contributed by atoms with Gasteiger partial charge in [0.05, 0.1) is 19.3 Å². The summed E-state index contributed by atoms with van der Waals surface area (Å²) in [4.78, 5) is 28.6. The Labute approximate surface area is 174 Å². The minimum Gasteiger partial charge on any atom is -0.497 e. The van der Waals surface area contributed by atoms with Gasteiger partial charge in [-0.3, -0.25) is 9.59 Å². The maximum Gasteiger partial charge on any atom is 0.251 e. The van der Waals surface area contributed by atoms with Gasteiger partial charge in [-0.1, -0.05) is 18.2 Å². The maximum absolute atomic E-state index is 12.1. The highest BCUT2D eigenvalue weighted by molar-refractivity contribution is 14.1. The topological polar surface area (TPSA) is 80.3 Å². The Morgan fingerprint density at radius 1 is 1.19 bits per heavy atom. The molecule has 1 aromatic heterocycles. The van der Waals surface area contributed by atoms with Crippen LogP contribution < -0.4 is 15.4 Å². The number of anilines is 1. The fourth-order valence-corrected chi connectivity index (χ4v) is 3.37. The van der Waals surface area contributed by atoms with Gasteiger partial charge in [-0.2, -0.15) is 0 Å². The lowest BCUT2D eigenvalue weighted by atomic mass is 10.2. The summed E-state index contributed by atoms with van der Waals surface area (Å²) in [5, 5.41) is 7.66. The van der Waals surface area contributed by atoms with Gasteiger partial charge >= 0.3 is 0 Å². The van der Waals surface area contributed by atoms with Gasteiger partial charge in [-0.05, 0) is 52.9 Å². The number of amides is 2. The smallest absolute Gasteiger partial charge is 0.251 e. The predicted molar refractivity (Wildman–Crippen MR) is 114 cm³/mol. The van der Waals surface area contributed by atoms with Crippen molar-refractivity contribution in [3.8, 4) is 17.0 Å². The molecule has 0 unspecified atom stereocenters. The molecule has 0 fully saturated rings. The third-order valence-corrected chi connectivity index (χ3v) is 5.11. The average Bonchev–Trinajstić information content (AvgIpc) is 3.15. The number of benzene rings is 2. The van der Waals surface area contributed by atoms with Gasteiger partial charge in [-0.25, -0.2) is 4.98 Å². The zero-order valence-electron chi connectivity index (χ0n) is 14.4. The minimum absolute atomic E-state index is 0.144. The molecule has 0 aliphatic rings. The summed E-state index contributed by atoms with van der Waals surface area (Å²) in [6.07, 6.45) is 0. The van der Waals surface area contributed by atoms with E-state index < -0.39 is 0 Å². The van der Waals surface area contributed by atoms with E-state index in [0.717, 1.165) is 14.8 Å². The van der Waals surface area contributed by atoms with Crippen LogP contribution in [-0.2, 0) is 4.79 Å². The Morgan fingerprint density at radius 3 is 2.70 bits per heavy atom. The second-order valence-corrected chi connectivity index (χ2v) is 7.61. The summed E-state index contributed by atoms with van der Waals surface area (Å²) in [6, 6.07) is 14.7. The van der Waals surface area contributed by atoms with E-state index in [0.29, 0.717) is 16.4 Å². The van der Waals surface area contributed by atoms with Crippen molar-refractivity contribution in [1.82, 2.24) is 10.3 Å². The standard InChI is InChI=1S/C19H16IN3O3S/c1-26-15-4-2-3-13(9-15)18(25)21-10-17(24)23-19-22-16(11-27-19)12-5-7-14(20)8-6-12/h2-9,11H,10H2,1H3,(H,21,25)(H,22,23,24). The van der Waals surface area contributed by atoms with Gasteiger partial charge in [0.15, 0.2) is 5.13 Å². The first-order chi connectivity index (χ1) is 13.0. The van der Waals surface area contributed by atoms with Crippen molar-refractivity contribution < 1.29 is 14.3 Å². The summed E-state index contributed by atoms with van der Waals surface area (Å²) >= 11 is 3.58. The molecule has 27 heavy (non-hydrogen) atoms. The first-order valence-electron chi connectivity index (χ1n) is 7.99. The molecule has 3 aromatic rings. The van der Waals surface area contributed by atoms with E-state index in [-0.39, 0.29) is 18.4 Å². The molecule has 3 rings (SSSR count). The molecular weight excluding hydrogens is 477 g/mol. The van der Waals surface area contributed by atoms with Crippen molar-refractivity contribution in [2.75, 3.05) is 19.0 Å². The number of nitrogens with one attached hydrogen (secondary N) is 2. The molecule has 0 aliphatic carbocycles. The lowest BCUT2D eigenvalue weighted by Crippen LogP contribution is -2.32. The summed E-state index contributed by atoms with van der Waals surface area (Å²) < 4.78 is 6.23. The molecule has 2 N–H and O–H groups in total. The molecule has 0 aliphatic heterocycles. The van der Waals surface area contributed by atoms with Gasteiger partial charge in [0.1, 0.15) is 5.75 Å². The lowest BCUT2D eigenvalue weighted by Gasteiger charge is -2.06. The summed E-state index contributed by atoms with van der Waals surface area (Å²) in [7, 11) is 1.53. The van der Waals surface area contributed by atoms with Gasteiger partial charge in [0.25, 0.3) is 5.91 Å². The summed E-state index contributed by atoms with van der Waals surface area (Å²) in [6.45, 7) is -0.144. The molecule has 0 saturated carbocycles. The normalized spacial score (nSPS) is 10.3. The number of halogens is 1. The van der Waals surface area contributed by atoms with Crippen LogP contribution in [-0.4, -0.2) is 30.5 Å². The minimum atomic E-state index is -0.345. The van der Waals surface area contributed by atoms with Crippen LogP contribution in [0.3, 0.4) is 0 Å². The van der Waals surface area contributed by atoms with Crippen molar-refractivity contribution in [3.63, 3.8) is 0 Å². The molecule has 2 aromatic carbocycles. The van der Waals surface area contributed by atoms with Crippen LogP contribution in [0.1, 0.15) is 10.4 Å². The van der Waals surface area contributed by atoms with Crippen molar-refractivity contribution in [3.05, 3.63) is 63.0 Å². The molecule has 8 heteroatoms. The van der Waals surface area contributed by atoms with Crippen LogP contribution in [0.15, 0.2) is 53.9 Å². The molecule has 0 bridgehead atoms. The Kier molecular flexibility index (Phi) is 6.40. The largest absolute Gasteiger partial charge is 0.497 e. The van der Waals surface area contributed by atoms with E-state index in [1.807, 2.05) is 29.6 Å². The number of carbonyl (C=O) groups excluding carboxylic acids is 2. The average molecular weight is 493 g/mol. The molecule has 138 valence electrons. The molecule has 2 amide bonds. The van der Waals surface area contributed by atoms with E-state index in [4.69, 9.17) is 4.74 Å². The van der Waals surface area contributed by atoms with Gasteiger partial charge < -0.3 is 15.4 Å². The second kappa shape index (κ2) is 8.96. The molecule has 6 nitrogen and oxygen atoms in total. The molecule has 0 spiro atoms. The van der Waals surface area contributed by atoms with E-state index >= 15 is 0 Å². The SMILES string of the molecule is COc1cccc(C(=O)NCC(=O)Nc2nc(-c3ccc(I)cc3)cs2)c1. The number of rotatable bonds is 6. The van der Waals surface area contributed by atoms with Crippen LogP contribution in [0, 0.1) is 3.57 Å². The van der Waals surface area contributed by atoms with Crippen LogP contribution in [0.5, 0.6) is 5.75 Å². The van der Waals surface area contributed by atoms with E-state index in [1.54, 1.807) is 24.3 Å². The predicted octanol–water partition coefficient (Wildman–Crippen LogP) is 3.79. The monoisotopic (exact) mass is 493 g/mol. The molecule has 1 heterocycles. The van der Waals surface area contributed by atoms with Gasteiger partial charge in [0.2, 0.25) is 5.91 Å². The molecule has 0 atom stereocenters. The highest BCUT2D eigenvalue weighted by atomic mass is 127. The Morgan fingerprint density at radius 2 is 1.96 bits per heavy atom. The highest BCUT2D eigenvalue weighted by Gasteiger charge is 2.11. The lowest BCUT2D eigenvalue weighted by molar-refractivity contribution is -0.115. The molecule has 0 radical (unpaired) electrons. The fraction of sp³-hybridized carbons (Fsp3) is 0.105. The van der Waals surface area contributed by atoms with Crippen LogP contribution >= 0.6 is 33.9 Å². The number of hydrogen-bond acceptors (Lipinski definition) is 5. The second-order valence-electron chi connectivity index (χ2n) is 5.51. The molecule has 0 saturated heterocycles. The number of nitrogens with zero attached hydrogens (tertiary/aromatic N) is 1. The summed E-state index contributed by atoms with van der Waals surface area (Å²) in [5.74, 6) is -0.101. The Bertz CT molecular complexity index is 957. The van der Waals surface area contributed by atoms with Crippen molar-refractivity contribution >= 4 is 50.9 Å². The van der Waals surface area contributed by atoms with Crippen LogP contribution in [0.4, 0.5) is 5.13 Å². The van der Waals surface area contributed by atoms with Gasteiger partial charge in [0, 0.05) is 20.1 Å². The van der Waals surface area contributed by atoms with E-state index in [2.05, 4.69) is 38.2 Å². The number of carbonyl (C=O) groups is 2. The third-order valence-electron chi connectivity index (χ3n) is 3.63. The maximum atomic E-state index is 12.1. The van der Waals surface area contributed by atoms with Crippen LogP contribution in [0.2, 0.25) is 0 Å². The zero-order valence-corrected chi connectivity index (χ0v) is 17.3. The Balaban J connectivity index is 1.55. The quantitative estimate of drug-likeness (QED) is 0.513. The Hall–Kier alpha value is -2.46. The number of methoxy groups -OCH3 is 1. The fourth-order valence-electron chi connectivity index (χ4n) is 2.27. The van der Waals surface area contributed by atoms with Crippen molar-refractivity contribution in [1.29, 1.82) is 0 Å². The van der Waals surface area contributed by atoms with E-state index in [9.17, 15) is 9.59 Å².